The van der Waals surface area contributed by atoms with E-state index in [2.05, 4.69) is 10.8 Å². The molecule has 0 aliphatic heterocycles. The van der Waals surface area contributed by atoms with Gasteiger partial charge in [-0.25, -0.2) is 13.1 Å². The van der Waals surface area contributed by atoms with Crippen molar-refractivity contribution in [1.29, 1.82) is 0 Å². The second-order valence-corrected chi connectivity index (χ2v) is 4.26. The SMILES string of the molecule is CNS(=O)(=O)c1cc[c]c([N+](=O)[O-])c1. The van der Waals surface area contributed by atoms with E-state index < -0.39 is 14.9 Å². The predicted molar refractivity (Wildman–Crippen MR) is 48.2 cm³/mol. The first-order chi connectivity index (χ1) is 6.47. The second-order valence-electron chi connectivity index (χ2n) is 2.37. The third kappa shape index (κ3) is 2.06. The van der Waals surface area contributed by atoms with Gasteiger partial charge < -0.3 is 0 Å². The third-order valence-electron chi connectivity index (χ3n) is 1.53. The molecule has 14 heavy (non-hydrogen) atoms. The Labute approximate surface area is 80.8 Å². The topological polar surface area (TPSA) is 89.3 Å². The molecule has 7 heteroatoms. The van der Waals surface area contributed by atoms with Crippen molar-refractivity contribution >= 4 is 15.7 Å². The fourth-order valence-electron chi connectivity index (χ4n) is 0.824. The van der Waals surface area contributed by atoms with Crippen molar-refractivity contribution in [2.75, 3.05) is 7.05 Å². The van der Waals surface area contributed by atoms with Crippen molar-refractivity contribution < 1.29 is 13.3 Å². The predicted octanol–water partition coefficient (Wildman–Crippen LogP) is 0.303. The Balaban J connectivity index is 3.26. The molecule has 0 spiro atoms. The Bertz CT molecular complexity index is 455. The molecule has 0 saturated carbocycles. The average Bonchev–Trinajstić information content (AvgIpc) is 2.18. The number of nitro groups is 1. The number of nitrogens with zero attached hydrogens (tertiary/aromatic N) is 1. The molecule has 0 atom stereocenters. The summed E-state index contributed by atoms with van der Waals surface area (Å²) in [4.78, 5) is 9.48. The van der Waals surface area contributed by atoms with Crippen molar-refractivity contribution in [3.05, 3.63) is 34.4 Å². The molecule has 0 aromatic heterocycles. The molecule has 0 bridgehead atoms. The van der Waals surface area contributed by atoms with Crippen LogP contribution in [-0.2, 0) is 10.0 Å². The van der Waals surface area contributed by atoms with Gasteiger partial charge in [0.1, 0.15) is 0 Å². The lowest BCUT2D eigenvalue weighted by Gasteiger charge is -2.00. The Hall–Kier alpha value is -1.47. The van der Waals surface area contributed by atoms with Crippen LogP contribution in [0.15, 0.2) is 23.1 Å². The smallest absolute Gasteiger partial charge is 0.258 e. The van der Waals surface area contributed by atoms with Gasteiger partial charge in [0.05, 0.1) is 15.9 Å². The molecule has 0 amide bonds. The van der Waals surface area contributed by atoms with Crippen LogP contribution in [0.4, 0.5) is 5.69 Å². The summed E-state index contributed by atoms with van der Waals surface area (Å²) in [6.45, 7) is 0. The van der Waals surface area contributed by atoms with Crippen molar-refractivity contribution in [2.24, 2.45) is 0 Å². The van der Waals surface area contributed by atoms with Crippen LogP contribution in [-0.4, -0.2) is 20.4 Å². The van der Waals surface area contributed by atoms with E-state index >= 15 is 0 Å². The first-order valence-corrected chi connectivity index (χ1v) is 5.05. The maximum Gasteiger partial charge on any atom is 0.278 e. The molecule has 0 aliphatic carbocycles. The summed E-state index contributed by atoms with van der Waals surface area (Å²) >= 11 is 0. The standard InChI is InChI=1S/C7H7N2O4S/c1-8-14(12,13)7-4-2-3-6(5-7)9(10)11/h2,4-5,8H,1H3. The highest BCUT2D eigenvalue weighted by atomic mass is 32.2. The lowest BCUT2D eigenvalue weighted by atomic mass is 10.3. The summed E-state index contributed by atoms with van der Waals surface area (Å²) in [5.41, 5.74) is -0.374. The van der Waals surface area contributed by atoms with E-state index in [1.54, 1.807) is 0 Å². The summed E-state index contributed by atoms with van der Waals surface area (Å²) in [6, 6.07) is 5.70. The molecule has 6 nitrogen and oxygen atoms in total. The van der Waals surface area contributed by atoms with E-state index in [0.29, 0.717) is 0 Å². The maximum atomic E-state index is 11.2. The number of non-ortho nitro benzene ring substituents is 1. The Morgan fingerprint density at radius 2 is 2.21 bits per heavy atom. The lowest BCUT2D eigenvalue weighted by Crippen LogP contribution is -2.18. The first kappa shape index (κ1) is 10.6. The quantitative estimate of drug-likeness (QED) is 0.580. The van der Waals surface area contributed by atoms with Gasteiger partial charge in [0.2, 0.25) is 10.0 Å². The molecular formula is C7H7N2O4S. The molecule has 75 valence electrons. The number of nitrogens with one attached hydrogen (secondary N) is 1. The molecule has 1 rings (SSSR count). The molecule has 0 saturated heterocycles. The van der Waals surface area contributed by atoms with E-state index in [9.17, 15) is 18.5 Å². The summed E-state index contributed by atoms with van der Waals surface area (Å²) < 4.78 is 24.5. The second kappa shape index (κ2) is 3.72. The van der Waals surface area contributed by atoms with Crippen LogP contribution in [0.25, 0.3) is 0 Å². The lowest BCUT2D eigenvalue weighted by molar-refractivity contribution is -0.385. The number of hydrogen-bond donors (Lipinski definition) is 1. The van der Waals surface area contributed by atoms with Crippen LogP contribution in [0.1, 0.15) is 0 Å². The Kier molecular flexibility index (Phi) is 2.82. The number of benzene rings is 1. The monoisotopic (exact) mass is 215 g/mol. The Morgan fingerprint density at radius 1 is 1.57 bits per heavy atom. The number of hydrogen-bond acceptors (Lipinski definition) is 4. The molecule has 1 radical (unpaired) electrons. The van der Waals surface area contributed by atoms with Gasteiger partial charge in [0, 0.05) is 6.07 Å². The van der Waals surface area contributed by atoms with E-state index in [1.807, 2.05) is 0 Å². The number of sulfonamides is 1. The fourth-order valence-corrected chi connectivity index (χ4v) is 1.57. The van der Waals surface area contributed by atoms with Crippen molar-refractivity contribution in [3.63, 3.8) is 0 Å². The van der Waals surface area contributed by atoms with Gasteiger partial charge in [-0.15, -0.1) is 0 Å². The Morgan fingerprint density at radius 3 is 2.71 bits per heavy atom. The van der Waals surface area contributed by atoms with Crippen molar-refractivity contribution in [3.8, 4) is 0 Å². The average molecular weight is 215 g/mol. The van der Waals surface area contributed by atoms with Gasteiger partial charge in [-0.3, -0.25) is 10.1 Å². The van der Waals surface area contributed by atoms with Crippen LogP contribution >= 0.6 is 0 Å². The highest BCUT2D eigenvalue weighted by Crippen LogP contribution is 2.15. The van der Waals surface area contributed by atoms with E-state index in [4.69, 9.17) is 0 Å². The molecule has 1 aromatic rings. The molecule has 1 aromatic carbocycles. The van der Waals surface area contributed by atoms with Gasteiger partial charge >= 0.3 is 0 Å². The summed E-state index contributed by atoms with van der Waals surface area (Å²) in [6.07, 6.45) is 0. The maximum absolute atomic E-state index is 11.2. The minimum absolute atomic E-state index is 0.148. The number of rotatable bonds is 3. The summed E-state index contributed by atoms with van der Waals surface area (Å²) in [5.74, 6) is 0. The summed E-state index contributed by atoms with van der Waals surface area (Å²) in [7, 11) is -2.39. The van der Waals surface area contributed by atoms with Crippen LogP contribution in [0.3, 0.4) is 0 Å². The van der Waals surface area contributed by atoms with Crippen LogP contribution in [0.5, 0.6) is 0 Å². The van der Waals surface area contributed by atoms with Gasteiger partial charge in [0.15, 0.2) is 0 Å². The number of nitro benzene ring substituents is 1. The van der Waals surface area contributed by atoms with Crippen molar-refractivity contribution in [2.45, 2.75) is 4.90 Å². The normalized spacial score (nSPS) is 11.2. The largest absolute Gasteiger partial charge is 0.278 e. The molecule has 1 N–H and O–H groups in total. The van der Waals surface area contributed by atoms with Crippen LogP contribution in [0.2, 0.25) is 0 Å². The zero-order valence-electron chi connectivity index (χ0n) is 7.22. The summed E-state index contributed by atoms with van der Waals surface area (Å²) in [5, 5.41) is 10.3. The molecule has 0 unspecified atom stereocenters. The zero-order chi connectivity index (χ0) is 10.8. The highest BCUT2D eigenvalue weighted by molar-refractivity contribution is 7.89. The highest BCUT2D eigenvalue weighted by Gasteiger charge is 2.15. The zero-order valence-corrected chi connectivity index (χ0v) is 8.04. The minimum atomic E-state index is -3.63. The van der Waals surface area contributed by atoms with Gasteiger partial charge in [-0.05, 0) is 19.2 Å². The third-order valence-corrected chi connectivity index (χ3v) is 2.95. The van der Waals surface area contributed by atoms with Gasteiger partial charge in [-0.1, -0.05) is 0 Å². The van der Waals surface area contributed by atoms with E-state index in [1.165, 1.54) is 19.2 Å². The van der Waals surface area contributed by atoms with Crippen LogP contribution < -0.4 is 4.72 Å². The molecule has 0 fully saturated rings. The van der Waals surface area contributed by atoms with Gasteiger partial charge in [-0.2, -0.15) is 0 Å². The minimum Gasteiger partial charge on any atom is -0.258 e. The molecule has 0 heterocycles. The van der Waals surface area contributed by atoms with E-state index in [0.717, 1.165) is 6.07 Å². The van der Waals surface area contributed by atoms with Gasteiger partial charge in [0.25, 0.3) is 5.69 Å². The first-order valence-electron chi connectivity index (χ1n) is 3.57. The molecule has 0 aliphatic rings. The molecular weight excluding hydrogens is 208 g/mol. The van der Waals surface area contributed by atoms with Crippen molar-refractivity contribution in [1.82, 2.24) is 4.72 Å². The van der Waals surface area contributed by atoms with E-state index in [-0.39, 0.29) is 10.6 Å². The fraction of sp³-hybridized carbons (Fsp3) is 0.143. The van der Waals surface area contributed by atoms with Crippen LogP contribution in [0, 0.1) is 16.2 Å².